The molecular formula is C12H12F4O. The Bertz CT molecular complexity index is 412. The number of rotatable bonds is 3. The zero-order valence-corrected chi connectivity index (χ0v) is 9.49. The van der Waals surface area contributed by atoms with E-state index in [2.05, 4.69) is 0 Å². The molecule has 0 unspecified atom stereocenters. The molecule has 94 valence electrons. The van der Waals surface area contributed by atoms with Crippen LogP contribution in [0.3, 0.4) is 0 Å². The summed E-state index contributed by atoms with van der Waals surface area (Å²) in [4.78, 5) is 11.5. The topological polar surface area (TPSA) is 17.1 Å². The Labute approximate surface area is 96.4 Å². The molecule has 0 spiro atoms. The largest absolute Gasteiger partial charge is 0.389 e. The van der Waals surface area contributed by atoms with Crippen LogP contribution in [0.5, 0.6) is 0 Å². The summed E-state index contributed by atoms with van der Waals surface area (Å²) >= 11 is 0. The van der Waals surface area contributed by atoms with Gasteiger partial charge in [0.1, 0.15) is 5.82 Å². The molecule has 0 aliphatic heterocycles. The number of ketones is 1. The van der Waals surface area contributed by atoms with E-state index in [1.807, 2.05) is 0 Å². The highest BCUT2D eigenvalue weighted by molar-refractivity contribution is 5.96. The lowest BCUT2D eigenvalue weighted by molar-refractivity contribution is -0.133. The quantitative estimate of drug-likeness (QED) is 0.584. The number of halogens is 4. The number of carbonyl (C=O) groups is 1. The first kappa shape index (κ1) is 13.7. The average molecular weight is 248 g/mol. The van der Waals surface area contributed by atoms with Gasteiger partial charge in [0.2, 0.25) is 0 Å². The highest BCUT2D eigenvalue weighted by atomic mass is 19.4. The lowest BCUT2D eigenvalue weighted by atomic mass is 10.0. The number of alkyl halides is 3. The maximum Gasteiger partial charge on any atom is 0.389 e. The van der Waals surface area contributed by atoms with Gasteiger partial charge in [-0.25, -0.2) is 4.39 Å². The van der Waals surface area contributed by atoms with E-state index in [4.69, 9.17) is 0 Å². The molecule has 17 heavy (non-hydrogen) atoms. The van der Waals surface area contributed by atoms with Gasteiger partial charge >= 0.3 is 6.18 Å². The monoisotopic (exact) mass is 248 g/mol. The second-order valence-electron chi connectivity index (χ2n) is 3.96. The Hall–Kier alpha value is -1.39. The predicted molar refractivity (Wildman–Crippen MR) is 55.5 cm³/mol. The SMILES string of the molecule is Cc1cc(C(=O)CCC(F)(F)F)cc(C)c1F. The fraction of sp³-hybridized carbons (Fsp3) is 0.417. The minimum Gasteiger partial charge on any atom is -0.294 e. The normalized spacial score (nSPS) is 11.6. The smallest absolute Gasteiger partial charge is 0.294 e. The molecule has 0 N–H and O–H groups in total. The van der Waals surface area contributed by atoms with Gasteiger partial charge in [0.25, 0.3) is 0 Å². The molecule has 0 amide bonds. The maximum atomic E-state index is 13.3. The average Bonchev–Trinajstić information content (AvgIpc) is 2.20. The van der Waals surface area contributed by atoms with Crippen molar-refractivity contribution >= 4 is 5.78 Å². The lowest BCUT2D eigenvalue weighted by Crippen LogP contribution is -2.11. The Kier molecular flexibility index (Phi) is 3.91. The van der Waals surface area contributed by atoms with Crippen molar-refractivity contribution in [2.75, 3.05) is 0 Å². The van der Waals surface area contributed by atoms with Crippen LogP contribution in [-0.4, -0.2) is 12.0 Å². The third-order valence-electron chi connectivity index (χ3n) is 2.39. The van der Waals surface area contributed by atoms with Crippen molar-refractivity contribution in [3.63, 3.8) is 0 Å². The minimum atomic E-state index is -4.35. The summed E-state index contributed by atoms with van der Waals surface area (Å²) in [7, 11) is 0. The van der Waals surface area contributed by atoms with Crippen molar-refractivity contribution in [3.05, 3.63) is 34.6 Å². The Morgan fingerprint density at radius 2 is 1.65 bits per heavy atom. The van der Waals surface area contributed by atoms with Gasteiger partial charge in [-0.15, -0.1) is 0 Å². The standard InChI is InChI=1S/C12H12F4O/c1-7-5-9(6-8(2)11(7)13)10(17)3-4-12(14,15)16/h5-6H,3-4H2,1-2H3. The van der Waals surface area contributed by atoms with E-state index < -0.39 is 30.6 Å². The molecule has 5 heteroatoms. The van der Waals surface area contributed by atoms with Crippen LogP contribution >= 0.6 is 0 Å². The lowest BCUT2D eigenvalue weighted by Gasteiger charge is -2.07. The van der Waals surface area contributed by atoms with Gasteiger partial charge in [0.15, 0.2) is 5.78 Å². The molecule has 0 aliphatic carbocycles. The number of hydrogen-bond donors (Lipinski definition) is 0. The predicted octanol–water partition coefficient (Wildman–Crippen LogP) is 3.97. The molecule has 0 saturated heterocycles. The number of carbonyl (C=O) groups excluding carboxylic acids is 1. The minimum absolute atomic E-state index is 0.130. The van der Waals surface area contributed by atoms with Crippen LogP contribution in [0.25, 0.3) is 0 Å². The van der Waals surface area contributed by atoms with E-state index in [-0.39, 0.29) is 16.7 Å². The van der Waals surface area contributed by atoms with Gasteiger partial charge in [0.05, 0.1) is 6.42 Å². The molecule has 0 aromatic heterocycles. The fourth-order valence-corrected chi connectivity index (χ4v) is 1.51. The van der Waals surface area contributed by atoms with E-state index in [0.717, 1.165) is 0 Å². The number of hydrogen-bond acceptors (Lipinski definition) is 1. The summed E-state index contributed by atoms with van der Waals surface area (Å²) in [5.74, 6) is -1.05. The fourth-order valence-electron chi connectivity index (χ4n) is 1.51. The summed E-state index contributed by atoms with van der Waals surface area (Å²) < 4.78 is 49.1. The van der Waals surface area contributed by atoms with Crippen LogP contribution in [0, 0.1) is 19.7 Å². The first-order valence-corrected chi connectivity index (χ1v) is 5.07. The highest BCUT2D eigenvalue weighted by Crippen LogP contribution is 2.23. The number of aryl methyl sites for hydroxylation is 2. The Morgan fingerprint density at radius 1 is 1.18 bits per heavy atom. The van der Waals surface area contributed by atoms with Crippen LogP contribution in [0.15, 0.2) is 12.1 Å². The van der Waals surface area contributed by atoms with Crippen molar-refractivity contribution in [1.29, 1.82) is 0 Å². The highest BCUT2D eigenvalue weighted by Gasteiger charge is 2.28. The van der Waals surface area contributed by atoms with Crippen LogP contribution in [-0.2, 0) is 0 Å². The molecule has 1 aromatic rings. The van der Waals surface area contributed by atoms with E-state index in [0.29, 0.717) is 0 Å². The van der Waals surface area contributed by atoms with Crippen molar-refractivity contribution in [1.82, 2.24) is 0 Å². The zero-order valence-electron chi connectivity index (χ0n) is 9.49. The van der Waals surface area contributed by atoms with Crippen molar-refractivity contribution in [3.8, 4) is 0 Å². The molecule has 0 bridgehead atoms. The molecule has 0 saturated carbocycles. The Balaban J connectivity index is 2.84. The van der Waals surface area contributed by atoms with E-state index in [1.54, 1.807) is 0 Å². The van der Waals surface area contributed by atoms with Gasteiger partial charge in [-0.2, -0.15) is 13.2 Å². The molecule has 0 fully saturated rings. The van der Waals surface area contributed by atoms with Gasteiger partial charge in [-0.1, -0.05) is 0 Å². The van der Waals surface area contributed by atoms with Crippen LogP contribution < -0.4 is 0 Å². The van der Waals surface area contributed by atoms with Crippen molar-refractivity contribution in [2.24, 2.45) is 0 Å². The van der Waals surface area contributed by atoms with E-state index in [9.17, 15) is 22.4 Å². The molecule has 0 radical (unpaired) electrons. The van der Waals surface area contributed by atoms with Crippen molar-refractivity contribution < 1.29 is 22.4 Å². The molecule has 1 aromatic carbocycles. The number of Topliss-reactive ketones (excluding diaryl/α,β-unsaturated/α-hetero) is 1. The second-order valence-corrected chi connectivity index (χ2v) is 3.96. The summed E-state index contributed by atoms with van der Waals surface area (Å²) in [6, 6.07) is 2.56. The van der Waals surface area contributed by atoms with E-state index in [1.165, 1.54) is 26.0 Å². The third kappa shape index (κ3) is 3.84. The zero-order chi connectivity index (χ0) is 13.2. The molecule has 0 atom stereocenters. The van der Waals surface area contributed by atoms with Crippen molar-refractivity contribution in [2.45, 2.75) is 32.9 Å². The summed E-state index contributed by atoms with van der Waals surface area (Å²) in [5, 5.41) is 0. The van der Waals surface area contributed by atoms with Crippen LogP contribution in [0.2, 0.25) is 0 Å². The van der Waals surface area contributed by atoms with Crippen LogP contribution in [0.4, 0.5) is 17.6 Å². The van der Waals surface area contributed by atoms with Gasteiger partial charge < -0.3 is 0 Å². The summed E-state index contributed by atoms with van der Waals surface area (Å²) in [5.41, 5.74) is 0.659. The van der Waals surface area contributed by atoms with Gasteiger partial charge in [-0.3, -0.25) is 4.79 Å². The molecular weight excluding hydrogens is 236 g/mol. The van der Waals surface area contributed by atoms with E-state index >= 15 is 0 Å². The maximum absolute atomic E-state index is 13.3. The summed E-state index contributed by atoms with van der Waals surface area (Å²) in [6.07, 6.45) is -6.10. The van der Waals surface area contributed by atoms with Gasteiger partial charge in [-0.05, 0) is 37.1 Å². The Morgan fingerprint density at radius 3 is 2.06 bits per heavy atom. The first-order chi connectivity index (χ1) is 7.70. The van der Waals surface area contributed by atoms with Gasteiger partial charge in [0, 0.05) is 12.0 Å². The molecule has 1 rings (SSSR count). The first-order valence-electron chi connectivity index (χ1n) is 5.07. The number of benzene rings is 1. The summed E-state index contributed by atoms with van der Waals surface area (Å²) in [6.45, 7) is 2.95. The molecule has 0 heterocycles. The molecule has 0 aliphatic rings. The van der Waals surface area contributed by atoms with Crippen LogP contribution in [0.1, 0.15) is 34.3 Å². The third-order valence-corrected chi connectivity index (χ3v) is 2.39. The molecule has 1 nitrogen and oxygen atoms in total. The second kappa shape index (κ2) is 4.85.